The number of carbonyl (C=O) groups excluding carboxylic acids is 1. The van der Waals surface area contributed by atoms with Crippen molar-refractivity contribution in [2.45, 2.75) is 6.42 Å². The molecule has 1 unspecified atom stereocenters. The molecule has 0 fully saturated rings. The molecule has 0 aliphatic carbocycles. The van der Waals surface area contributed by atoms with E-state index in [0.717, 1.165) is 6.29 Å². The van der Waals surface area contributed by atoms with Crippen LogP contribution in [0.5, 0.6) is 0 Å². The second kappa shape index (κ2) is 4.23. The summed E-state index contributed by atoms with van der Waals surface area (Å²) in [6, 6.07) is 0. The third-order valence-corrected chi connectivity index (χ3v) is 1.48. The van der Waals surface area contributed by atoms with Crippen molar-refractivity contribution in [3.05, 3.63) is 0 Å². The third kappa shape index (κ3) is 6.06. The molecule has 0 heterocycles. The minimum absolute atomic E-state index is 0.499. The molecule has 0 bridgehead atoms. The molecule has 2 nitrogen and oxygen atoms in total. The van der Waals surface area contributed by atoms with E-state index in [1.165, 1.54) is 0 Å². The Kier molecular flexibility index (Phi) is 4.26. The predicted octanol–water partition coefficient (Wildman–Crippen LogP) is 0.594. The van der Waals surface area contributed by atoms with Gasteiger partial charge in [0.05, 0.1) is 0 Å². The van der Waals surface area contributed by atoms with Crippen LogP contribution in [0.25, 0.3) is 0 Å². The van der Waals surface area contributed by atoms with Crippen LogP contribution in [-0.2, 0) is 4.79 Å². The van der Waals surface area contributed by atoms with E-state index in [1.807, 2.05) is 0 Å². The highest BCUT2D eigenvalue weighted by Crippen LogP contribution is 2.22. The zero-order chi connectivity index (χ0) is 5.70. The minimum atomic E-state index is -0.838. The van der Waals surface area contributed by atoms with Gasteiger partial charge in [0.2, 0.25) is 0 Å². The van der Waals surface area contributed by atoms with E-state index in [0.29, 0.717) is 12.6 Å². The van der Waals surface area contributed by atoms with E-state index in [-0.39, 0.29) is 0 Å². The molecule has 1 atom stereocenters. The van der Waals surface area contributed by atoms with Crippen LogP contribution in [0.4, 0.5) is 0 Å². The molecule has 0 saturated carbocycles. The summed E-state index contributed by atoms with van der Waals surface area (Å²) in [7, 11) is -0.838. The highest BCUT2D eigenvalue weighted by molar-refractivity contribution is 7.50. The fourth-order valence-electron chi connectivity index (χ4n) is 0.240. The summed E-state index contributed by atoms with van der Waals surface area (Å²) in [6.45, 7) is 1.73. The number of carbonyl (C=O) groups is 1. The second-order valence-electron chi connectivity index (χ2n) is 1.34. The summed E-state index contributed by atoms with van der Waals surface area (Å²) in [6.07, 6.45) is 1.98. The molecule has 0 radical (unpaired) electrons. The van der Waals surface area contributed by atoms with Crippen LogP contribution >= 0.6 is 8.15 Å². The lowest BCUT2D eigenvalue weighted by atomic mass is 10.6. The Balaban J connectivity index is 2.81. The van der Waals surface area contributed by atoms with Crippen LogP contribution in [0.1, 0.15) is 6.42 Å². The van der Waals surface area contributed by atoms with Gasteiger partial charge in [-0.25, -0.2) is 0 Å². The van der Waals surface area contributed by atoms with Crippen LogP contribution in [0.2, 0.25) is 0 Å². The Labute approximate surface area is 44.4 Å². The molecule has 0 saturated heterocycles. The SMILES string of the molecule is CP(O)CCC=O. The predicted molar refractivity (Wildman–Crippen MR) is 30.6 cm³/mol. The summed E-state index contributed by atoms with van der Waals surface area (Å²) >= 11 is 0. The highest BCUT2D eigenvalue weighted by atomic mass is 31.1. The van der Waals surface area contributed by atoms with Crippen molar-refractivity contribution >= 4 is 14.4 Å². The van der Waals surface area contributed by atoms with Crippen molar-refractivity contribution in [1.29, 1.82) is 0 Å². The Morgan fingerprint density at radius 2 is 2.43 bits per heavy atom. The molecule has 0 aliphatic rings. The number of aldehydes is 1. The zero-order valence-electron chi connectivity index (χ0n) is 4.29. The van der Waals surface area contributed by atoms with Crippen molar-refractivity contribution < 1.29 is 9.69 Å². The molecule has 7 heavy (non-hydrogen) atoms. The smallest absolute Gasteiger partial charge is 0.120 e. The first-order chi connectivity index (χ1) is 3.27. The summed E-state index contributed by atoms with van der Waals surface area (Å²) in [4.78, 5) is 18.2. The lowest BCUT2D eigenvalue weighted by Crippen LogP contribution is -1.81. The molecule has 42 valence electrons. The van der Waals surface area contributed by atoms with Gasteiger partial charge >= 0.3 is 0 Å². The molecule has 0 amide bonds. The third-order valence-electron chi connectivity index (χ3n) is 0.571. The van der Waals surface area contributed by atoms with E-state index in [4.69, 9.17) is 4.89 Å². The fraction of sp³-hybridized carbons (Fsp3) is 0.750. The molecule has 3 heteroatoms. The summed E-state index contributed by atoms with van der Waals surface area (Å²) in [5, 5.41) is 0. The molecule has 1 N–H and O–H groups in total. The van der Waals surface area contributed by atoms with E-state index < -0.39 is 8.15 Å². The van der Waals surface area contributed by atoms with Crippen LogP contribution in [0, 0.1) is 0 Å². The van der Waals surface area contributed by atoms with Crippen molar-refractivity contribution in [2.24, 2.45) is 0 Å². The van der Waals surface area contributed by atoms with Gasteiger partial charge in [-0.1, -0.05) is 0 Å². The standard InChI is InChI=1S/C4H9O2P/c1-7(6)4-2-3-5/h3,6H,2,4H2,1H3. The first kappa shape index (κ1) is 7.06. The molecule has 0 rings (SSSR count). The van der Waals surface area contributed by atoms with Crippen molar-refractivity contribution in [3.63, 3.8) is 0 Å². The van der Waals surface area contributed by atoms with Crippen molar-refractivity contribution in [1.82, 2.24) is 0 Å². The quantitative estimate of drug-likeness (QED) is 0.437. The summed E-state index contributed by atoms with van der Waals surface area (Å²) < 4.78 is 0. The number of rotatable bonds is 3. The van der Waals surface area contributed by atoms with Crippen LogP contribution in [0.3, 0.4) is 0 Å². The molecule has 0 spiro atoms. The van der Waals surface area contributed by atoms with Gasteiger partial charge in [0.1, 0.15) is 6.29 Å². The average Bonchev–Trinajstić information content (AvgIpc) is 1.61. The van der Waals surface area contributed by atoms with Gasteiger partial charge < -0.3 is 9.69 Å². The van der Waals surface area contributed by atoms with E-state index >= 15 is 0 Å². The summed E-state index contributed by atoms with van der Waals surface area (Å²) in [5.74, 6) is 0. The molecule has 0 aromatic heterocycles. The van der Waals surface area contributed by atoms with Crippen LogP contribution in [-0.4, -0.2) is 24.0 Å². The number of hydrogen-bond acceptors (Lipinski definition) is 2. The zero-order valence-corrected chi connectivity index (χ0v) is 5.19. The van der Waals surface area contributed by atoms with E-state index in [1.54, 1.807) is 6.66 Å². The van der Waals surface area contributed by atoms with Gasteiger partial charge in [-0.3, -0.25) is 0 Å². The topological polar surface area (TPSA) is 37.3 Å². The Bertz CT molecular complexity index is 53.7. The van der Waals surface area contributed by atoms with Gasteiger partial charge in [-0.15, -0.1) is 0 Å². The first-order valence-corrected chi connectivity index (χ1v) is 4.03. The minimum Gasteiger partial charge on any atom is -0.374 e. The van der Waals surface area contributed by atoms with E-state index in [9.17, 15) is 4.79 Å². The summed E-state index contributed by atoms with van der Waals surface area (Å²) in [5.41, 5.74) is 0. The van der Waals surface area contributed by atoms with Gasteiger partial charge in [0.25, 0.3) is 0 Å². The lowest BCUT2D eigenvalue weighted by Gasteiger charge is -1.95. The van der Waals surface area contributed by atoms with Gasteiger partial charge in [0.15, 0.2) is 0 Å². The molecule has 0 aromatic carbocycles. The highest BCUT2D eigenvalue weighted by Gasteiger charge is 1.90. The van der Waals surface area contributed by atoms with E-state index in [2.05, 4.69) is 0 Å². The maximum atomic E-state index is 9.61. The van der Waals surface area contributed by atoms with Gasteiger partial charge in [-0.05, 0) is 12.8 Å². The monoisotopic (exact) mass is 120 g/mol. The van der Waals surface area contributed by atoms with Crippen LogP contribution in [0.15, 0.2) is 0 Å². The maximum Gasteiger partial charge on any atom is 0.120 e. The first-order valence-electron chi connectivity index (χ1n) is 2.11. The molecule has 0 aromatic rings. The second-order valence-corrected chi connectivity index (χ2v) is 3.10. The largest absolute Gasteiger partial charge is 0.374 e. The van der Waals surface area contributed by atoms with Gasteiger partial charge in [-0.2, -0.15) is 0 Å². The number of hydrogen-bond donors (Lipinski definition) is 1. The molecule has 0 aliphatic heterocycles. The molecular formula is C4H9O2P. The Morgan fingerprint density at radius 3 is 2.57 bits per heavy atom. The Morgan fingerprint density at radius 1 is 1.86 bits per heavy atom. The normalized spacial score (nSPS) is 13.4. The maximum absolute atomic E-state index is 9.61. The lowest BCUT2D eigenvalue weighted by molar-refractivity contribution is -0.107. The van der Waals surface area contributed by atoms with Crippen molar-refractivity contribution in [2.75, 3.05) is 12.8 Å². The average molecular weight is 120 g/mol. The Hall–Kier alpha value is 0.0600. The van der Waals surface area contributed by atoms with Crippen LogP contribution < -0.4 is 0 Å². The van der Waals surface area contributed by atoms with Crippen molar-refractivity contribution in [3.8, 4) is 0 Å². The fourth-order valence-corrected chi connectivity index (χ4v) is 0.719. The molecular weight excluding hydrogens is 111 g/mol. The van der Waals surface area contributed by atoms with Gasteiger partial charge in [0, 0.05) is 14.6 Å².